The molecule has 0 heterocycles. The summed E-state index contributed by atoms with van der Waals surface area (Å²) >= 11 is 4.04. The molecule has 23 nitrogen and oxygen atoms in total. The number of carbonyl (C=O) groups excluding carboxylic acids is 6. The third kappa shape index (κ3) is 20.9. The average molecular weight is 870 g/mol. The number of hydrogen-bond acceptors (Lipinski definition) is 13. The Morgan fingerprint density at radius 2 is 1.15 bits per heavy atom. The maximum Gasteiger partial charge on any atom is 0.326 e. The molecule has 1 aromatic rings. The molecule has 24 heteroatoms. The molecule has 6 amide bonds. The van der Waals surface area contributed by atoms with Crippen LogP contribution in [0.25, 0.3) is 0 Å². The fraction of sp³-hybridized carbons (Fsp3) is 0.528. The van der Waals surface area contributed by atoms with Gasteiger partial charge in [0.25, 0.3) is 0 Å². The van der Waals surface area contributed by atoms with Crippen molar-refractivity contribution >= 4 is 77.9 Å². The minimum Gasteiger partial charge on any atom is -0.481 e. The van der Waals surface area contributed by atoms with Gasteiger partial charge in [-0.1, -0.05) is 30.3 Å². The Morgan fingerprint density at radius 1 is 0.617 bits per heavy atom. The number of benzene rings is 1. The van der Waals surface area contributed by atoms with E-state index in [9.17, 15) is 73.2 Å². The Morgan fingerprint density at radius 3 is 1.67 bits per heavy atom. The Balaban J connectivity index is 2.89. The molecular weight excluding hydrogens is 818 g/mol. The predicted molar refractivity (Wildman–Crippen MR) is 209 cm³/mol. The number of hydrogen-bond donors (Lipinski definition) is 13. The first-order valence-corrected chi connectivity index (χ1v) is 19.0. The number of carbonyl (C=O) groups is 11. The summed E-state index contributed by atoms with van der Waals surface area (Å²) in [6, 6.07) is -1.25. The summed E-state index contributed by atoms with van der Waals surface area (Å²) in [6.45, 7) is 1.13. The van der Waals surface area contributed by atoms with Crippen molar-refractivity contribution in [1.82, 2.24) is 31.9 Å². The van der Waals surface area contributed by atoms with Gasteiger partial charge in [-0.25, -0.2) is 19.2 Å². The second-order valence-corrected chi connectivity index (χ2v) is 14.0. The standard InChI is InChI=1S/C36H51N7O16S/c1-18(17-60)39-32(52)26(15-29(48)49)41-31(51)22(37)16-38-30(50)20(13-19-5-3-2-4-6-19)14-21(44)7-8-23(33(53)54)40-27(45)11-9-24(34(55)56)42-36(59)43-25(35(57)58)10-12-28(46)47/h2-6,18,20,22-26,60H,7-17,37H2,1H3,(H,38,50)(H,39,52)(H,40,45)(H,41,51)(H,46,47)(H,48,49)(H,53,54)(H,55,56)(H,57,58)(H2,42,43,59)/t18-,20-,22+,23+,24+,25+,26+/m1/s1. The monoisotopic (exact) mass is 869 g/mol. The summed E-state index contributed by atoms with van der Waals surface area (Å²) in [7, 11) is 0. The first kappa shape index (κ1) is 51.7. The third-order valence-electron chi connectivity index (χ3n) is 8.54. The Hall–Kier alpha value is -6.30. The second kappa shape index (κ2) is 26.7. The molecule has 0 bridgehead atoms. The van der Waals surface area contributed by atoms with E-state index in [4.69, 9.17) is 10.8 Å². The molecule has 0 radical (unpaired) electrons. The first-order chi connectivity index (χ1) is 28.1. The number of nitrogens with two attached hydrogens (primary N) is 1. The maximum absolute atomic E-state index is 13.3. The summed E-state index contributed by atoms with van der Waals surface area (Å²) < 4.78 is 0. The quantitative estimate of drug-likeness (QED) is 0.0381. The topological polar surface area (TPSA) is 387 Å². The van der Waals surface area contributed by atoms with E-state index in [0.29, 0.717) is 5.56 Å². The van der Waals surface area contributed by atoms with Crippen molar-refractivity contribution in [2.24, 2.45) is 11.7 Å². The molecule has 13 N–H and O–H groups in total. The van der Waals surface area contributed by atoms with Crippen molar-refractivity contribution in [3.63, 3.8) is 0 Å². The lowest BCUT2D eigenvalue weighted by Crippen LogP contribution is -2.56. The summed E-state index contributed by atoms with van der Waals surface area (Å²) in [6.07, 6.45) is -4.38. The maximum atomic E-state index is 13.3. The van der Waals surface area contributed by atoms with Crippen LogP contribution in [0.4, 0.5) is 4.79 Å². The lowest BCUT2D eigenvalue weighted by molar-refractivity contribution is -0.143. The SMILES string of the molecule is C[C@H](CS)NC(=O)[C@H](CC(=O)O)NC(=O)[C@@H](N)CNC(=O)[C@@H](CC(=O)CC[C@H](NC(=O)CC[C@H](NC(=O)N[C@@H](CCC(=O)O)C(=O)O)C(=O)O)C(=O)O)Cc1ccccc1. The van der Waals surface area contributed by atoms with Gasteiger partial charge in [0.05, 0.1) is 6.42 Å². The zero-order valence-electron chi connectivity index (χ0n) is 32.5. The second-order valence-electron chi connectivity index (χ2n) is 13.6. The highest BCUT2D eigenvalue weighted by molar-refractivity contribution is 7.80. The van der Waals surface area contributed by atoms with E-state index in [1.165, 1.54) is 0 Å². The van der Waals surface area contributed by atoms with Gasteiger partial charge in [-0.05, 0) is 38.2 Å². The van der Waals surface area contributed by atoms with Gasteiger partial charge in [0.2, 0.25) is 23.6 Å². The van der Waals surface area contributed by atoms with Crippen LogP contribution in [-0.4, -0.2) is 139 Å². The zero-order valence-corrected chi connectivity index (χ0v) is 33.4. The van der Waals surface area contributed by atoms with E-state index in [2.05, 4.69) is 33.9 Å². The van der Waals surface area contributed by atoms with E-state index < -0.39 is 165 Å². The molecule has 0 fully saturated rings. The number of aliphatic carboxylic acids is 5. The summed E-state index contributed by atoms with van der Waals surface area (Å²) in [5, 5.41) is 59.6. The van der Waals surface area contributed by atoms with E-state index >= 15 is 0 Å². The fourth-order valence-electron chi connectivity index (χ4n) is 5.28. The minimum absolute atomic E-state index is 0.0270. The van der Waals surface area contributed by atoms with Crippen LogP contribution in [-0.2, 0) is 54.4 Å². The van der Waals surface area contributed by atoms with Gasteiger partial charge in [0.1, 0.15) is 36.0 Å². The molecule has 0 spiro atoms. The van der Waals surface area contributed by atoms with Crippen LogP contribution in [0.5, 0.6) is 0 Å². The van der Waals surface area contributed by atoms with Crippen LogP contribution in [0.15, 0.2) is 30.3 Å². The van der Waals surface area contributed by atoms with Crippen molar-refractivity contribution in [3.8, 4) is 0 Å². The molecule has 1 aromatic carbocycles. The van der Waals surface area contributed by atoms with E-state index in [0.717, 1.165) is 0 Å². The number of amides is 6. The van der Waals surface area contributed by atoms with Crippen molar-refractivity contribution in [3.05, 3.63) is 35.9 Å². The van der Waals surface area contributed by atoms with Crippen LogP contribution in [0.3, 0.4) is 0 Å². The molecule has 0 aliphatic carbocycles. The molecule has 7 atom stereocenters. The lowest BCUT2D eigenvalue weighted by Gasteiger charge is -2.22. The van der Waals surface area contributed by atoms with Crippen LogP contribution < -0.4 is 37.6 Å². The Labute approximate surface area is 348 Å². The average Bonchev–Trinajstić information content (AvgIpc) is 3.17. The number of thiol groups is 1. The number of rotatable bonds is 29. The molecule has 0 saturated heterocycles. The molecule has 0 aliphatic heterocycles. The summed E-state index contributed by atoms with van der Waals surface area (Å²) in [5.41, 5.74) is 6.58. The normalized spacial score (nSPS) is 14.2. The van der Waals surface area contributed by atoms with Crippen molar-refractivity contribution < 1.29 is 78.3 Å². The van der Waals surface area contributed by atoms with Gasteiger partial charge >= 0.3 is 35.9 Å². The minimum atomic E-state index is -1.75. The number of carboxylic acids is 5. The fourth-order valence-corrected chi connectivity index (χ4v) is 5.37. The summed E-state index contributed by atoms with van der Waals surface area (Å²) in [4.78, 5) is 134. The number of carboxylic acid groups (broad SMARTS) is 5. The smallest absolute Gasteiger partial charge is 0.326 e. The van der Waals surface area contributed by atoms with Crippen LogP contribution in [0.2, 0.25) is 0 Å². The van der Waals surface area contributed by atoms with Crippen LogP contribution in [0.1, 0.15) is 63.9 Å². The molecule has 0 saturated carbocycles. The number of Topliss-reactive ketones (excluding diaryl/α,β-unsaturated/α-hetero) is 1. The van der Waals surface area contributed by atoms with Crippen LogP contribution >= 0.6 is 12.6 Å². The highest BCUT2D eigenvalue weighted by Crippen LogP contribution is 2.16. The molecular formula is C36H51N7O16S. The highest BCUT2D eigenvalue weighted by Gasteiger charge is 2.30. The highest BCUT2D eigenvalue weighted by atomic mass is 32.1. The lowest BCUT2D eigenvalue weighted by atomic mass is 9.91. The summed E-state index contributed by atoms with van der Waals surface area (Å²) in [5.74, 6) is -12.3. The zero-order chi connectivity index (χ0) is 45.5. The number of nitrogens with one attached hydrogen (secondary N) is 6. The number of ketones is 1. The van der Waals surface area contributed by atoms with E-state index in [-0.39, 0.29) is 12.2 Å². The first-order valence-electron chi connectivity index (χ1n) is 18.4. The largest absolute Gasteiger partial charge is 0.481 e. The van der Waals surface area contributed by atoms with Gasteiger partial charge in [-0.3, -0.25) is 33.6 Å². The van der Waals surface area contributed by atoms with Gasteiger partial charge in [0.15, 0.2) is 0 Å². The van der Waals surface area contributed by atoms with Crippen LogP contribution in [0, 0.1) is 5.92 Å². The van der Waals surface area contributed by atoms with E-state index in [1.807, 2.05) is 10.6 Å². The van der Waals surface area contributed by atoms with Gasteiger partial charge in [-0.2, -0.15) is 12.6 Å². The third-order valence-corrected chi connectivity index (χ3v) is 9.08. The van der Waals surface area contributed by atoms with Crippen molar-refractivity contribution in [2.45, 2.75) is 101 Å². The van der Waals surface area contributed by atoms with Gasteiger partial charge < -0.3 is 63.2 Å². The van der Waals surface area contributed by atoms with Gasteiger partial charge in [0, 0.05) is 49.9 Å². The molecule has 0 unspecified atom stereocenters. The van der Waals surface area contributed by atoms with E-state index in [1.54, 1.807) is 37.3 Å². The molecule has 1 rings (SSSR count). The molecule has 332 valence electrons. The van der Waals surface area contributed by atoms with Crippen molar-refractivity contribution in [2.75, 3.05) is 12.3 Å². The molecule has 0 aliphatic rings. The molecule has 60 heavy (non-hydrogen) atoms. The Bertz CT molecular complexity index is 1720. The predicted octanol–water partition coefficient (Wildman–Crippen LogP) is -2.16. The Kier molecular flexibility index (Phi) is 23.0. The molecule has 0 aromatic heterocycles. The van der Waals surface area contributed by atoms with Gasteiger partial charge in [-0.15, -0.1) is 0 Å². The van der Waals surface area contributed by atoms with Crippen molar-refractivity contribution in [1.29, 1.82) is 0 Å². The number of urea groups is 1.